The van der Waals surface area contributed by atoms with Gasteiger partial charge in [-0.3, -0.25) is 4.79 Å². The molecule has 1 aliphatic heterocycles. The van der Waals surface area contributed by atoms with Crippen LogP contribution in [0.2, 0.25) is 0 Å². The van der Waals surface area contributed by atoms with Gasteiger partial charge in [0.2, 0.25) is 0 Å². The van der Waals surface area contributed by atoms with Crippen molar-refractivity contribution >= 4 is 11.9 Å². The maximum Gasteiger partial charge on any atom is 0.490 e. The third-order valence-corrected chi connectivity index (χ3v) is 4.76. The first-order valence-corrected chi connectivity index (χ1v) is 7.76. The summed E-state index contributed by atoms with van der Waals surface area (Å²) in [5, 5.41) is 10.6. The van der Waals surface area contributed by atoms with E-state index in [1.807, 2.05) is 0 Å². The highest BCUT2D eigenvalue weighted by molar-refractivity contribution is 5.73. The Bertz CT molecular complexity index is 396. The molecular weight excluding hydrogens is 315 g/mol. The number of carbonyl (C=O) groups excluding carboxylic acids is 1. The van der Waals surface area contributed by atoms with Crippen LogP contribution in [0.3, 0.4) is 0 Å². The second-order valence-corrected chi connectivity index (χ2v) is 6.28. The van der Waals surface area contributed by atoms with E-state index in [0.29, 0.717) is 17.8 Å². The maximum atomic E-state index is 11.2. The van der Waals surface area contributed by atoms with Gasteiger partial charge in [0.25, 0.3) is 0 Å². The molecule has 0 atom stereocenters. The van der Waals surface area contributed by atoms with Crippen LogP contribution < -0.4 is 5.32 Å². The number of piperidine rings is 1. The molecule has 134 valence electrons. The average molecular weight is 339 g/mol. The first-order chi connectivity index (χ1) is 10.7. The molecule has 1 saturated heterocycles. The summed E-state index contributed by atoms with van der Waals surface area (Å²) in [6.07, 6.45) is 3.28. The SMILES string of the molecule is COC(=O)CC1CCC2(CCNCC2)CC1.O=C(O)C(F)(F)F. The Morgan fingerprint density at radius 3 is 2.04 bits per heavy atom. The van der Waals surface area contributed by atoms with Crippen LogP contribution in [-0.4, -0.2) is 43.4 Å². The van der Waals surface area contributed by atoms with Crippen molar-refractivity contribution in [2.45, 2.75) is 51.1 Å². The van der Waals surface area contributed by atoms with Crippen molar-refractivity contribution < 1.29 is 32.6 Å². The van der Waals surface area contributed by atoms with Crippen LogP contribution in [0.15, 0.2) is 0 Å². The number of esters is 1. The van der Waals surface area contributed by atoms with E-state index in [4.69, 9.17) is 14.6 Å². The lowest BCUT2D eigenvalue weighted by atomic mass is 9.65. The molecule has 1 aliphatic carbocycles. The van der Waals surface area contributed by atoms with E-state index in [2.05, 4.69) is 5.32 Å². The van der Waals surface area contributed by atoms with Crippen LogP contribution in [0, 0.1) is 11.3 Å². The minimum atomic E-state index is -5.08. The molecule has 0 aromatic carbocycles. The Balaban J connectivity index is 0.000000322. The quantitative estimate of drug-likeness (QED) is 0.757. The van der Waals surface area contributed by atoms with Gasteiger partial charge in [0.1, 0.15) is 0 Å². The predicted molar refractivity (Wildman–Crippen MR) is 76.8 cm³/mol. The topological polar surface area (TPSA) is 75.6 Å². The summed E-state index contributed by atoms with van der Waals surface area (Å²) >= 11 is 0. The summed E-state index contributed by atoms with van der Waals surface area (Å²) in [6.45, 7) is 2.36. The van der Waals surface area contributed by atoms with Crippen molar-refractivity contribution in [2.75, 3.05) is 20.2 Å². The van der Waals surface area contributed by atoms with Crippen LogP contribution in [0.4, 0.5) is 13.2 Å². The Kier molecular flexibility index (Phi) is 7.31. The number of carbonyl (C=O) groups is 2. The van der Waals surface area contributed by atoms with Gasteiger partial charge in [-0.15, -0.1) is 0 Å². The molecule has 0 radical (unpaired) electrons. The highest BCUT2D eigenvalue weighted by atomic mass is 19.4. The van der Waals surface area contributed by atoms with E-state index >= 15 is 0 Å². The molecule has 0 aromatic rings. The molecule has 0 amide bonds. The maximum absolute atomic E-state index is 11.2. The zero-order chi connectivity index (χ0) is 17.5. The molecule has 0 unspecified atom stereocenters. The second kappa shape index (κ2) is 8.52. The molecule has 0 aromatic heterocycles. The number of alkyl halides is 3. The van der Waals surface area contributed by atoms with Gasteiger partial charge < -0.3 is 15.2 Å². The number of ether oxygens (including phenoxy) is 1. The average Bonchev–Trinajstić information content (AvgIpc) is 2.50. The first-order valence-electron chi connectivity index (χ1n) is 7.76. The van der Waals surface area contributed by atoms with Gasteiger partial charge in [-0.1, -0.05) is 0 Å². The zero-order valence-electron chi connectivity index (χ0n) is 13.2. The van der Waals surface area contributed by atoms with Gasteiger partial charge in [0.15, 0.2) is 0 Å². The molecule has 1 spiro atoms. The number of aliphatic carboxylic acids is 1. The minimum absolute atomic E-state index is 0.0359. The van der Waals surface area contributed by atoms with Gasteiger partial charge in [-0.2, -0.15) is 13.2 Å². The van der Waals surface area contributed by atoms with E-state index in [1.165, 1.54) is 58.7 Å². The minimum Gasteiger partial charge on any atom is -0.475 e. The number of hydrogen-bond acceptors (Lipinski definition) is 4. The standard InChI is InChI=1S/C13H23NO2.C2HF3O2/c1-16-12(15)10-11-2-4-13(5-3-11)6-8-14-9-7-13;3-2(4,5)1(6)7/h11,14H,2-10H2,1H3;(H,6,7). The van der Waals surface area contributed by atoms with Gasteiger partial charge in [-0.25, -0.2) is 4.79 Å². The summed E-state index contributed by atoms with van der Waals surface area (Å²) in [5.41, 5.74) is 0.609. The van der Waals surface area contributed by atoms with E-state index in [1.54, 1.807) is 0 Å². The second-order valence-electron chi connectivity index (χ2n) is 6.28. The molecule has 23 heavy (non-hydrogen) atoms. The number of carboxylic acids is 1. The van der Waals surface area contributed by atoms with E-state index < -0.39 is 12.1 Å². The molecular formula is C15H24F3NO4. The van der Waals surface area contributed by atoms with Crippen LogP contribution in [0.25, 0.3) is 0 Å². The van der Waals surface area contributed by atoms with E-state index in [-0.39, 0.29) is 5.97 Å². The van der Waals surface area contributed by atoms with Crippen LogP contribution in [0.1, 0.15) is 44.9 Å². The molecule has 2 aliphatic rings. The van der Waals surface area contributed by atoms with Crippen molar-refractivity contribution in [1.82, 2.24) is 5.32 Å². The van der Waals surface area contributed by atoms with Crippen molar-refractivity contribution in [2.24, 2.45) is 11.3 Å². The summed E-state index contributed by atoms with van der Waals surface area (Å²) in [5.74, 6) is -2.22. The fourth-order valence-corrected chi connectivity index (χ4v) is 3.27. The van der Waals surface area contributed by atoms with Crippen LogP contribution >= 0.6 is 0 Å². The number of nitrogens with one attached hydrogen (secondary N) is 1. The number of halogens is 3. The van der Waals surface area contributed by atoms with Crippen LogP contribution in [0.5, 0.6) is 0 Å². The molecule has 0 bridgehead atoms. The summed E-state index contributed by atoms with van der Waals surface area (Å²) < 4.78 is 36.5. The van der Waals surface area contributed by atoms with Gasteiger partial charge in [0, 0.05) is 6.42 Å². The molecule has 2 N–H and O–H groups in total. The van der Waals surface area contributed by atoms with Crippen molar-refractivity contribution in [3.63, 3.8) is 0 Å². The Morgan fingerprint density at radius 1 is 1.17 bits per heavy atom. The summed E-state index contributed by atoms with van der Waals surface area (Å²) in [6, 6.07) is 0. The smallest absolute Gasteiger partial charge is 0.475 e. The van der Waals surface area contributed by atoms with E-state index in [0.717, 1.165) is 0 Å². The predicted octanol–water partition coefficient (Wildman–Crippen LogP) is 2.74. The third-order valence-electron chi connectivity index (χ3n) is 4.76. The fraction of sp³-hybridized carbons (Fsp3) is 0.867. The number of rotatable bonds is 2. The number of carboxylic acid groups (broad SMARTS) is 1. The lowest BCUT2D eigenvalue weighted by Crippen LogP contribution is -2.39. The molecule has 1 saturated carbocycles. The molecule has 5 nitrogen and oxygen atoms in total. The fourth-order valence-electron chi connectivity index (χ4n) is 3.27. The van der Waals surface area contributed by atoms with Crippen molar-refractivity contribution in [3.8, 4) is 0 Å². The number of hydrogen-bond donors (Lipinski definition) is 2. The molecule has 1 heterocycles. The summed E-state index contributed by atoms with van der Waals surface area (Å²) in [4.78, 5) is 20.1. The molecule has 8 heteroatoms. The number of methoxy groups -OCH3 is 1. The summed E-state index contributed by atoms with van der Waals surface area (Å²) in [7, 11) is 1.49. The zero-order valence-corrected chi connectivity index (χ0v) is 13.2. The first kappa shape index (κ1) is 19.7. The highest BCUT2D eigenvalue weighted by Gasteiger charge is 2.38. The monoisotopic (exact) mass is 339 g/mol. The van der Waals surface area contributed by atoms with Crippen LogP contribution in [-0.2, 0) is 14.3 Å². The lowest BCUT2D eigenvalue weighted by molar-refractivity contribution is -0.192. The normalized spacial score (nSPS) is 21.2. The molecule has 2 rings (SSSR count). The third kappa shape index (κ3) is 6.76. The van der Waals surface area contributed by atoms with E-state index in [9.17, 15) is 18.0 Å². The van der Waals surface area contributed by atoms with Gasteiger partial charge >= 0.3 is 18.1 Å². The lowest BCUT2D eigenvalue weighted by Gasteiger charge is -2.43. The van der Waals surface area contributed by atoms with Crippen molar-refractivity contribution in [3.05, 3.63) is 0 Å². The molecule has 2 fully saturated rings. The Hall–Kier alpha value is -1.31. The van der Waals surface area contributed by atoms with Gasteiger partial charge in [0.05, 0.1) is 7.11 Å². The Morgan fingerprint density at radius 2 is 1.65 bits per heavy atom. The van der Waals surface area contributed by atoms with Crippen molar-refractivity contribution in [1.29, 1.82) is 0 Å². The Labute approximate surface area is 133 Å². The van der Waals surface area contributed by atoms with Gasteiger partial charge in [-0.05, 0) is 62.9 Å². The highest BCUT2D eigenvalue weighted by Crippen LogP contribution is 2.45. The largest absolute Gasteiger partial charge is 0.490 e.